The Labute approximate surface area is 91.3 Å². The standard InChI is InChI=1S/C13H18N2/c1-10-9-15(12-6-7-12)13-5-3-2-4-11(13)8-14-10/h2-5,10,12,14H,6-9H2,1H3. The van der Waals surface area contributed by atoms with Gasteiger partial charge in [0.25, 0.3) is 0 Å². The van der Waals surface area contributed by atoms with E-state index in [-0.39, 0.29) is 0 Å². The van der Waals surface area contributed by atoms with Crippen molar-refractivity contribution in [2.75, 3.05) is 11.4 Å². The average molecular weight is 202 g/mol. The SMILES string of the molecule is CC1CN(C2CC2)c2ccccc2CN1. The summed E-state index contributed by atoms with van der Waals surface area (Å²) in [5.74, 6) is 0. The lowest BCUT2D eigenvalue weighted by Gasteiger charge is -2.26. The van der Waals surface area contributed by atoms with Crippen molar-refractivity contribution in [3.05, 3.63) is 29.8 Å². The van der Waals surface area contributed by atoms with Crippen LogP contribution in [-0.2, 0) is 6.54 Å². The molecule has 0 amide bonds. The van der Waals surface area contributed by atoms with Crippen LogP contribution in [0, 0.1) is 0 Å². The van der Waals surface area contributed by atoms with E-state index in [4.69, 9.17) is 0 Å². The molecule has 1 heterocycles. The number of nitrogens with zero attached hydrogens (tertiary/aromatic N) is 1. The minimum Gasteiger partial charge on any atom is -0.367 e. The summed E-state index contributed by atoms with van der Waals surface area (Å²) in [4.78, 5) is 2.60. The van der Waals surface area contributed by atoms with Gasteiger partial charge in [-0.15, -0.1) is 0 Å². The Bertz CT molecular complexity index is 357. The maximum Gasteiger partial charge on any atom is 0.0414 e. The highest BCUT2D eigenvalue weighted by Crippen LogP contribution is 2.34. The van der Waals surface area contributed by atoms with Gasteiger partial charge in [0.2, 0.25) is 0 Å². The normalized spacial score (nSPS) is 25.9. The molecule has 1 aromatic rings. The van der Waals surface area contributed by atoms with Crippen molar-refractivity contribution in [2.24, 2.45) is 0 Å². The number of hydrogen-bond acceptors (Lipinski definition) is 2. The van der Waals surface area contributed by atoms with Crippen molar-refractivity contribution in [3.63, 3.8) is 0 Å². The molecule has 1 saturated carbocycles. The Morgan fingerprint density at radius 2 is 2.07 bits per heavy atom. The van der Waals surface area contributed by atoms with Crippen LogP contribution in [0.2, 0.25) is 0 Å². The van der Waals surface area contributed by atoms with Gasteiger partial charge in [-0.2, -0.15) is 0 Å². The lowest BCUT2D eigenvalue weighted by Crippen LogP contribution is -2.37. The van der Waals surface area contributed by atoms with Crippen LogP contribution >= 0.6 is 0 Å². The van der Waals surface area contributed by atoms with Crippen LogP contribution in [0.3, 0.4) is 0 Å². The summed E-state index contributed by atoms with van der Waals surface area (Å²) in [7, 11) is 0. The fourth-order valence-electron chi connectivity index (χ4n) is 2.41. The van der Waals surface area contributed by atoms with E-state index in [0.29, 0.717) is 6.04 Å². The molecule has 1 aromatic carbocycles. The third-order valence-corrected chi connectivity index (χ3v) is 3.40. The summed E-state index contributed by atoms with van der Waals surface area (Å²) in [5, 5.41) is 3.57. The second-order valence-electron chi connectivity index (χ2n) is 4.79. The number of hydrogen-bond donors (Lipinski definition) is 1. The number of nitrogens with one attached hydrogen (secondary N) is 1. The molecular weight excluding hydrogens is 184 g/mol. The largest absolute Gasteiger partial charge is 0.367 e. The zero-order valence-electron chi connectivity index (χ0n) is 9.24. The van der Waals surface area contributed by atoms with Gasteiger partial charge in [0.1, 0.15) is 0 Å². The Kier molecular flexibility index (Phi) is 2.17. The van der Waals surface area contributed by atoms with Crippen LogP contribution in [0.4, 0.5) is 5.69 Å². The third kappa shape index (κ3) is 1.74. The minimum absolute atomic E-state index is 0.595. The second kappa shape index (κ2) is 3.53. The second-order valence-corrected chi connectivity index (χ2v) is 4.79. The lowest BCUT2D eigenvalue weighted by atomic mass is 10.1. The Morgan fingerprint density at radius 3 is 2.87 bits per heavy atom. The van der Waals surface area contributed by atoms with E-state index in [1.54, 1.807) is 0 Å². The molecule has 2 aliphatic rings. The molecule has 1 atom stereocenters. The van der Waals surface area contributed by atoms with Gasteiger partial charge in [0.15, 0.2) is 0 Å². The van der Waals surface area contributed by atoms with Gasteiger partial charge in [-0.05, 0) is 31.4 Å². The fraction of sp³-hybridized carbons (Fsp3) is 0.538. The molecule has 3 rings (SSSR count). The van der Waals surface area contributed by atoms with Crippen LogP contribution < -0.4 is 10.2 Å². The van der Waals surface area contributed by atoms with Crippen molar-refractivity contribution in [3.8, 4) is 0 Å². The van der Waals surface area contributed by atoms with Gasteiger partial charge in [0.05, 0.1) is 0 Å². The fourth-order valence-corrected chi connectivity index (χ4v) is 2.41. The number of rotatable bonds is 1. The molecule has 1 unspecified atom stereocenters. The van der Waals surface area contributed by atoms with Crippen LogP contribution in [0.1, 0.15) is 25.3 Å². The topological polar surface area (TPSA) is 15.3 Å². The summed E-state index contributed by atoms with van der Waals surface area (Å²) in [6, 6.07) is 10.2. The van der Waals surface area contributed by atoms with Crippen LogP contribution in [0.5, 0.6) is 0 Å². The maximum absolute atomic E-state index is 3.57. The molecule has 1 N–H and O–H groups in total. The summed E-state index contributed by atoms with van der Waals surface area (Å²) in [6.07, 6.45) is 2.75. The van der Waals surface area contributed by atoms with Crippen molar-refractivity contribution < 1.29 is 0 Å². The summed E-state index contributed by atoms with van der Waals surface area (Å²) in [6.45, 7) is 4.45. The van der Waals surface area contributed by atoms with Crippen molar-refractivity contribution >= 4 is 5.69 Å². The molecule has 1 fully saturated rings. The Morgan fingerprint density at radius 1 is 1.27 bits per heavy atom. The highest BCUT2D eigenvalue weighted by Gasteiger charge is 2.32. The average Bonchev–Trinajstić information content (AvgIpc) is 3.06. The van der Waals surface area contributed by atoms with Crippen molar-refractivity contribution in [1.29, 1.82) is 0 Å². The molecule has 80 valence electrons. The first-order chi connectivity index (χ1) is 7.34. The molecule has 0 spiro atoms. The predicted octanol–water partition coefficient (Wildman–Crippen LogP) is 2.15. The first kappa shape index (κ1) is 9.22. The monoisotopic (exact) mass is 202 g/mol. The van der Waals surface area contributed by atoms with Gasteiger partial charge in [0, 0.05) is 30.9 Å². The van der Waals surface area contributed by atoms with E-state index in [9.17, 15) is 0 Å². The molecule has 0 radical (unpaired) electrons. The zero-order chi connectivity index (χ0) is 10.3. The van der Waals surface area contributed by atoms with Gasteiger partial charge in [-0.3, -0.25) is 0 Å². The number of fused-ring (bicyclic) bond motifs is 1. The van der Waals surface area contributed by atoms with Crippen molar-refractivity contribution in [2.45, 2.75) is 38.4 Å². The van der Waals surface area contributed by atoms with Crippen LogP contribution in [0.15, 0.2) is 24.3 Å². The summed E-state index contributed by atoms with van der Waals surface area (Å²) in [5.41, 5.74) is 2.91. The van der Waals surface area contributed by atoms with Gasteiger partial charge in [-0.1, -0.05) is 18.2 Å². The predicted molar refractivity (Wildman–Crippen MR) is 63.1 cm³/mol. The van der Waals surface area contributed by atoms with Gasteiger partial charge >= 0.3 is 0 Å². The molecule has 0 saturated heterocycles. The molecule has 0 aromatic heterocycles. The third-order valence-electron chi connectivity index (χ3n) is 3.40. The van der Waals surface area contributed by atoms with Gasteiger partial charge in [-0.25, -0.2) is 0 Å². The molecule has 15 heavy (non-hydrogen) atoms. The minimum atomic E-state index is 0.595. The number of anilines is 1. The first-order valence-electron chi connectivity index (χ1n) is 5.92. The lowest BCUT2D eigenvalue weighted by molar-refractivity contribution is 0.551. The Hall–Kier alpha value is -1.02. The highest BCUT2D eigenvalue weighted by molar-refractivity contribution is 5.56. The maximum atomic E-state index is 3.57. The van der Waals surface area contributed by atoms with Gasteiger partial charge < -0.3 is 10.2 Å². The molecular formula is C13H18N2. The van der Waals surface area contributed by atoms with E-state index in [1.807, 2.05) is 0 Å². The molecule has 1 aliphatic carbocycles. The van der Waals surface area contributed by atoms with E-state index in [0.717, 1.165) is 19.1 Å². The zero-order valence-corrected chi connectivity index (χ0v) is 9.24. The highest BCUT2D eigenvalue weighted by atomic mass is 15.2. The van der Waals surface area contributed by atoms with Crippen LogP contribution in [0.25, 0.3) is 0 Å². The van der Waals surface area contributed by atoms with E-state index < -0.39 is 0 Å². The summed E-state index contributed by atoms with van der Waals surface area (Å²) < 4.78 is 0. The van der Waals surface area contributed by atoms with Crippen molar-refractivity contribution in [1.82, 2.24) is 5.32 Å². The number of benzene rings is 1. The van der Waals surface area contributed by atoms with E-state index in [2.05, 4.69) is 41.4 Å². The molecule has 1 aliphatic heterocycles. The molecule has 0 bridgehead atoms. The van der Waals surface area contributed by atoms with Crippen LogP contribution in [-0.4, -0.2) is 18.6 Å². The smallest absolute Gasteiger partial charge is 0.0414 e. The quantitative estimate of drug-likeness (QED) is 0.750. The van der Waals surface area contributed by atoms with E-state index >= 15 is 0 Å². The van der Waals surface area contributed by atoms with E-state index in [1.165, 1.54) is 24.1 Å². The molecule has 2 heteroatoms. The summed E-state index contributed by atoms with van der Waals surface area (Å²) >= 11 is 0. The first-order valence-corrected chi connectivity index (χ1v) is 5.92. The molecule has 2 nitrogen and oxygen atoms in total. The Balaban J connectivity index is 1.98. The number of para-hydroxylation sites is 1.